The molecule has 3 N–H and O–H groups in total. The number of carbonyl (C=O) groups is 1. The molecule has 5 nitrogen and oxygen atoms in total. The molecule has 0 fully saturated rings. The lowest BCUT2D eigenvalue weighted by molar-refractivity contribution is -0.122. The number of nitrogens with zero attached hydrogens (tertiary/aromatic N) is 1. The van der Waals surface area contributed by atoms with Crippen molar-refractivity contribution in [1.29, 1.82) is 0 Å². The van der Waals surface area contributed by atoms with Crippen LogP contribution in [0.4, 0.5) is 5.69 Å². The van der Waals surface area contributed by atoms with Crippen LogP contribution in [0.2, 0.25) is 0 Å². The van der Waals surface area contributed by atoms with Gasteiger partial charge < -0.3 is 15.6 Å². The van der Waals surface area contributed by atoms with E-state index in [1.54, 1.807) is 6.92 Å². The number of amides is 1. The zero-order chi connectivity index (χ0) is 14.6. The fourth-order valence-electron chi connectivity index (χ4n) is 1.77. The summed E-state index contributed by atoms with van der Waals surface area (Å²) in [5.74, 6) is -0.175. The lowest BCUT2D eigenvalue weighted by Crippen LogP contribution is -2.38. The van der Waals surface area contributed by atoms with Crippen molar-refractivity contribution in [3.63, 3.8) is 0 Å². The average Bonchev–Trinajstić information content (AvgIpc) is 2.39. The Balaban J connectivity index is 2.89. The Kier molecular flexibility index (Phi) is 5.60. The predicted molar refractivity (Wildman–Crippen MR) is 80.1 cm³/mol. The van der Waals surface area contributed by atoms with Crippen LogP contribution in [0.1, 0.15) is 32.3 Å². The van der Waals surface area contributed by atoms with Crippen LogP contribution in [0, 0.1) is 6.92 Å². The van der Waals surface area contributed by atoms with Crippen molar-refractivity contribution >= 4 is 27.5 Å². The summed E-state index contributed by atoms with van der Waals surface area (Å²) in [7, 11) is 0. The molecule has 1 amide bonds. The molecule has 1 aromatic rings. The van der Waals surface area contributed by atoms with E-state index in [9.17, 15) is 9.59 Å². The Morgan fingerprint density at radius 1 is 1.47 bits per heavy atom. The van der Waals surface area contributed by atoms with E-state index in [1.807, 2.05) is 13.8 Å². The Morgan fingerprint density at radius 2 is 2.05 bits per heavy atom. The maximum Gasteiger partial charge on any atom is 0.265 e. The number of hydrogen-bond acceptors (Lipinski definition) is 3. The van der Waals surface area contributed by atoms with Gasteiger partial charge in [0, 0.05) is 12.2 Å². The number of nitrogen functional groups attached to an aromatic ring is 1. The van der Waals surface area contributed by atoms with E-state index in [-0.39, 0.29) is 24.1 Å². The van der Waals surface area contributed by atoms with E-state index in [0.29, 0.717) is 15.7 Å². The van der Waals surface area contributed by atoms with E-state index in [4.69, 9.17) is 5.73 Å². The molecule has 0 aliphatic rings. The average molecular weight is 330 g/mol. The first-order valence-corrected chi connectivity index (χ1v) is 7.14. The van der Waals surface area contributed by atoms with Gasteiger partial charge in [-0.2, -0.15) is 0 Å². The quantitative estimate of drug-likeness (QED) is 0.864. The third kappa shape index (κ3) is 3.83. The molecule has 1 heterocycles. The molecule has 0 aliphatic heterocycles. The third-order valence-electron chi connectivity index (χ3n) is 3.17. The molecular formula is C13H20BrN3O2. The Bertz CT molecular complexity index is 521. The van der Waals surface area contributed by atoms with Crippen molar-refractivity contribution in [2.24, 2.45) is 0 Å². The number of nitrogens with one attached hydrogen (secondary N) is 1. The highest BCUT2D eigenvalue weighted by molar-refractivity contribution is 9.10. The second-order valence-corrected chi connectivity index (χ2v) is 5.33. The second kappa shape index (κ2) is 6.75. The monoisotopic (exact) mass is 329 g/mol. The lowest BCUT2D eigenvalue weighted by atomic mass is 10.2. The van der Waals surface area contributed by atoms with Gasteiger partial charge in [-0.05, 0) is 41.3 Å². The van der Waals surface area contributed by atoms with E-state index in [0.717, 1.165) is 12.8 Å². The number of nitrogens with two attached hydrogens (primary N) is 1. The number of anilines is 1. The summed E-state index contributed by atoms with van der Waals surface area (Å²) in [6.07, 6.45) is 3.25. The van der Waals surface area contributed by atoms with Crippen LogP contribution in [-0.2, 0) is 11.3 Å². The smallest absolute Gasteiger partial charge is 0.265 e. The van der Waals surface area contributed by atoms with Crippen molar-refractivity contribution in [3.8, 4) is 0 Å². The minimum Gasteiger partial charge on any atom is -0.397 e. The van der Waals surface area contributed by atoms with Gasteiger partial charge in [0.2, 0.25) is 5.91 Å². The van der Waals surface area contributed by atoms with Crippen LogP contribution >= 0.6 is 15.9 Å². The van der Waals surface area contributed by atoms with Gasteiger partial charge in [-0.1, -0.05) is 13.8 Å². The molecule has 0 atom stereocenters. The van der Waals surface area contributed by atoms with Gasteiger partial charge in [0.05, 0.1) is 10.2 Å². The van der Waals surface area contributed by atoms with E-state index in [1.165, 1.54) is 10.8 Å². The molecule has 106 valence electrons. The minimum atomic E-state index is -0.244. The van der Waals surface area contributed by atoms with Crippen molar-refractivity contribution < 1.29 is 4.79 Å². The molecule has 0 saturated heterocycles. The summed E-state index contributed by atoms with van der Waals surface area (Å²) in [6.45, 7) is 5.77. The highest BCUT2D eigenvalue weighted by atomic mass is 79.9. The maximum absolute atomic E-state index is 12.0. The number of carbonyl (C=O) groups excluding carboxylic acids is 1. The van der Waals surface area contributed by atoms with Crippen LogP contribution in [0.3, 0.4) is 0 Å². The molecule has 0 unspecified atom stereocenters. The van der Waals surface area contributed by atoms with E-state index >= 15 is 0 Å². The Hall–Kier alpha value is -1.30. The van der Waals surface area contributed by atoms with Gasteiger partial charge in [0.25, 0.3) is 5.56 Å². The molecule has 19 heavy (non-hydrogen) atoms. The van der Waals surface area contributed by atoms with E-state index in [2.05, 4.69) is 21.2 Å². The fourth-order valence-corrected chi connectivity index (χ4v) is 2.23. The molecule has 0 radical (unpaired) electrons. The SMILES string of the molecule is CCC(CC)NC(=O)Cn1cc(N)c(C)c(Br)c1=O. The van der Waals surface area contributed by atoms with Gasteiger partial charge in [0.1, 0.15) is 6.54 Å². The van der Waals surface area contributed by atoms with E-state index < -0.39 is 0 Å². The lowest BCUT2D eigenvalue weighted by Gasteiger charge is -2.16. The third-order valence-corrected chi connectivity index (χ3v) is 4.10. The molecule has 1 rings (SSSR count). The molecule has 0 aromatic carbocycles. The topological polar surface area (TPSA) is 77.1 Å². The number of halogens is 1. The Morgan fingerprint density at radius 3 is 2.58 bits per heavy atom. The number of hydrogen-bond donors (Lipinski definition) is 2. The first kappa shape index (κ1) is 15.8. The van der Waals surface area contributed by atoms with Crippen molar-refractivity contribution in [1.82, 2.24) is 9.88 Å². The van der Waals surface area contributed by atoms with Crippen LogP contribution in [-0.4, -0.2) is 16.5 Å². The molecular weight excluding hydrogens is 310 g/mol. The van der Waals surface area contributed by atoms with Crippen molar-refractivity contribution in [2.45, 2.75) is 46.2 Å². The van der Waals surface area contributed by atoms with Crippen molar-refractivity contribution in [3.05, 3.63) is 26.6 Å². The summed E-state index contributed by atoms with van der Waals surface area (Å²) < 4.78 is 1.73. The summed E-state index contributed by atoms with van der Waals surface area (Å²) in [5, 5.41) is 2.89. The van der Waals surface area contributed by atoms with Gasteiger partial charge in [-0.15, -0.1) is 0 Å². The Labute approximate surface area is 121 Å². The normalized spacial score (nSPS) is 10.8. The minimum absolute atomic E-state index is 0.0155. The number of rotatable bonds is 5. The van der Waals surface area contributed by atoms with Gasteiger partial charge in [-0.3, -0.25) is 9.59 Å². The highest BCUT2D eigenvalue weighted by Crippen LogP contribution is 2.16. The number of aromatic nitrogens is 1. The first-order valence-electron chi connectivity index (χ1n) is 6.35. The number of pyridine rings is 1. The molecule has 0 saturated carbocycles. The summed E-state index contributed by atoms with van der Waals surface area (Å²) >= 11 is 3.20. The second-order valence-electron chi connectivity index (χ2n) is 4.54. The summed E-state index contributed by atoms with van der Waals surface area (Å²) in [6, 6.07) is 0.148. The zero-order valence-electron chi connectivity index (χ0n) is 11.5. The van der Waals surface area contributed by atoms with Crippen LogP contribution in [0.25, 0.3) is 0 Å². The standard InChI is InChI=1S/C13H20BrN3O2/c1-4-9(5-2)16-11(18)7-17-6-10(15)8(3)12(14)13(17)19/h6,9H,4-5,7,15H2,1-3H3,(H,16,18). The van der Waals surface area contributed by atoms with Crippen molar-refractivity contribution in [2.75, 3.05) is 5.73 Å². The largest absolute Gasteiger partial charge is 0.397 e. The highest BCUT2D eigenvalue weighted by Gasteiger charge is 2.13. The molecule has 1 aromatic heterocycles. The predicted octanol–water partition coefficient (Wildman–Crippen LogP) is 1.81. The first-order chi connectivity index (χ1) is 8.90. The molecule has 6 heteroatoms. The molecule has 0 spiro atoms. The molecule has 0 aliphatic carbocycles. The summed E-state index contributed by atoms with van der Waals surface area (Å²) in [5.41, 5.74) is 6.74. The van der Waals surface area contributed by atoms with Gasteiger partial charge in [-0.25, -0.2) is 0 Å². The van der Waals surface area contributed by atoms with Crippen LogP contribution in [0.5, 0.6) is 0 Å². The van der Waals surface area contributed by atoms with Crippen LogP contribution in [0.15, 0.2) is 15.5 Å². The fraction of sp³-hybridized carbons (Fsp3) is 0.538. The van der Waals surface area contributed by atoms with Gasteiger partial charge in [0.15, 0.2) is 0 Å². The maximum atomic E-state index is 12.0. The molecule has 0 bridgehead atoms. The summed E-state index contributed by atoms with van der Waals surface area (Å²) in [4.78, 5) is 23.9. The van der Waals surface area contributed by atoms with Crippen LogP contribution < -0.4 is 16.6 Å². The van der Waals surface area contributed by atoms with Gasteiger partial charge >= 0.3 is 0 Å². The zero-order valence-corrected chi connectivity index (χ0v) is 13.1.